The Morgan fingerprint density at radius 3 is 2.50 bits per heavy atom. The van der Waals surface area contributed by atoms with E-state index in [1.165, 1.54) is 12.0 Å². The number of hydrogen-bond acceptors (Lipinski definition) is 4. The number of nitrogens with zero attached hydrogens (tertiary/aromatic N) is 1. The van der Waals surface area contributed by atoms with E-state index in [4.69, 9.17) is 0 Å². The molecule has 2 fully saturated rings. The molecule has 1 aliphatic heterocycles. The molecule has 2 rings (SSSR count). The maximum atomic E-state index is 11.4. The number of likely N-dealkylation sites (tertiary alicyclic amines) is 1. The van der Waals surface area contributed by atoms with Gasteiger partial charge < -0.3 is 4.74 Å². The average molecular weight is 197 g/mol. The summed E-state index contributed by atoms with van der Waals surface area (Å²) >= 11 is 0. The summed E-state index contributed by atoms with van der Waals surface area (Å²) in [4.78, 5) is 34.8. The Morgan fingerprint density at radius 2 is 2.00 bits per heavy atom. The molecule has 0 aromatic carbocycles. The van der Waals surface area contributed by atoms with E-state index in [0.29, 0.717) is 6.42 Å². The van der Waals surface area contributed by atoms with Gasteiger partial charge in [-0.15, -0.1) is 0 Å². The van der Waals surface area contributed by atoms with Crippen molar-refractivity contribution in [2.75, 3.05) is 13.7 Å². The van der Waals surface area contributed by atoms with Gasteiger partial charge in [-0.25, -0.2) is 0 Å². The third-order valence-corrected chi connectivity index (χ3v) is 2.72. The Hall–Kier alpha value is -1.39. The second-order valence-corrected chi connectivity index (χ2v) is 3.60. The second-order valence-electron chi connectivity index (χ2n) is 3.60. The van der Waals surface area contributed by atoms with Crippen molar-refractivity contribution in [1.82, 2.24) is 4.90 Å². The molecular formula is C9H11NO4. The quantitative estimate of drug-likeness (QED) is 0.454. The number of carbonyl (C=O) groups excluding carboxylic acids is 3. The zero-order valence-corrected chi connectivity index (χ0v) is 7.86. The van der Waals surface area contributed by atoms with Crippen molar-refractivity contribution >= 4 is 17.8 Å². The molecule has 5 heteroatoms. The summed E-state index contributed by atoms with van der Waals surface area (Å²) in [6.45, 7) is 0.164. The molecule has 1 saturated heterocycles. The molecule has 2 atom stereocenters. The van der Waals surface area contributed by atoms with Crippen LogP contribution >= 0.6 is 0 Å². The monoisotopic (exact) mass is 197 g/mol. The lowest BCUT2D eigenvalue weighted by molar-refractivity contribution is -0.144. The fraction of sp³-hybridized carbons (Fsp3) is 0.667. The number of methoxy groups -OCH3 is 1. The molecule has 1 saturated carbocycles. The van der Waals surface area contributed by atoms with Crippen LogP contribution in [0, 0.1) is 11.8 Å². The minimum atomic E-state index is -0.397. The highest BCUT2D eigenvalue weighted by Gasteiger charge is 2.58. The van der Waals surface area contributed by atoms with Crippen LogP contribution in [0.1, 0.15) is 12.8 Å². The molecule has 0 aromatic heterocycles. The maximum Gasteiger partial charge on any atom is 0.307 e. The van der Waals surface area contributed by atoms with Gasteiger partial charge in [-0.05, 0) is 6.42 Å². The molecule has 1 aliphatic carbocycles. The van der Waals surface area contributed by atoms with Crippen molar-refractivity contribution in [3.63, 3.8) is 0 Å². The van der Waals surface area contributed by atoms with Gasteiger partial charge in [0.2, 0.25) is 11.8 Å². The van der Waals surface area contributed by atoms with Crippen molar-refractivity contribution in [2.45, 2.75) is 12.8 Å². The molecule has 2 amide bonds. The van der Waals surface area contributed by atoms with Crippen molar-refractivity contribution in [3.8, 4) is 0 Å². The summed E-state index contributed by atoms with van der Waals surface area (Å²) in [7, 11) is 1.29. The van der Waals surface area contributed by atoms with Gasteiger partial charge in [0.05, 0.1) is 25.4 Å². The Balaban J connectivity index is 1.90. The van der Waals surface area contributed by atoms with Gasteiger partial charge in [0.15, 0.2) is 0 Å². The lowest BCUT2D eigenvalue weighted by Gasteiger charge is -2.14. The van der Waals surface area contributed by atoms with Crippen molar-refractivity contribution in [3.05, 3.63) is 0 Å². The molecule has 5 nitrogen and oxygen atoms in total. The van der Waals surface area contributed by atoms with Crippen LogP contribution < -0.4 is 0 Å². The van der Waals surface area contributed by atoms with Crippen LogP contribution in [-0.2, 0) is 19.1 Å². The maximum absolute atomic E-state index is 11.4. The number of fused-ring (bicyclic) bond motifs is 1. The summed E-state index contributed by atoms with van der Waals surface area (Å²) < 4.78 is 4.43. The van der Waals surface area contributed by atoms with Gasteiger partial charge in [-0.3, -0.25) is 19.3 Å². The van der Waals surface area contributed by atoms with Crippen LogP contribution in [0.3, 0.4) is 0 Å². The fourth-order valence-electron chi connectivity index (χ4n) is 1.78. The zero-order valence-electron chi connectivity index (χ0n) is 7.86. The number of carbonyl (C=O) groups is 3. The third kappa shape index (κ3) is 1.29. The lowest BCUT2D eigenvalue weighted by atomic mass is 10.3. The first kappa shape index (κ1) is 9.18. The van der Waals surface area contributed by atoms with Crippen LogP contribution in [0.15, 0.2) is 0 Å². The van der Waals surface area contributed by atoms with E-state index < -0.39 is 5.97 Å². The van der Waals surface area contributed by atoms with Gasteiger partial charge in [0.25, 0.3) is 0 Å². The second kappa shape index (κ2) is 3.08. The van der Waals surface area contributed by atoms with Gasteiger partial charge in [0.1, 0.15) is 0 Å². The highest BCUT2D eigenvalue weighted by atomic mass is 16.5. The first-order valence-corrected chi connectivity index (χ1v) is 4.57. The number of amides is 2. The standard InChI is InChI=1S/C9H11NO4/c1-14-7(11)2-3-10-8(12)5-4-6(5)9(10)13/h5-6H,2-4H2,1H3/t5-,6+. The number of esters is 1. The topological polar surface area (TPSA) is 63.7 Å². The minimum absolute atomic E-state index is 0.0832. The predicted molar refractivity (Wildman–Crippen MR) is 45.0 cm³/mol. The molecule has 0 unspecified atom stereocenters. The highest BCUT2D eigenvalue weighted by Crippen LogP contribution is 2.46. The number of hydrogen-bond donors (Lipinski definition) is 0. The highest BCUT2D eigenvalue weighted by molar-refractivity contribution is 6.08. The van der Waals surface area contributed by atoms with E-state index in [-0.39, 0.29) is 36.6 Å². The molecule has 0 N–H and O–H groups in total. The molecule has 0 bridgehead atoms. The van der Waals surface area contributed by atoms with E-state index in [9.17, 15) is 14.4 Å². The molecule has 0 radical (unpaired) electrons. The Bertz CT molecular complexity index is 292. The first-order valence-electron chi connectivity index (χ1n) is 4.57. The number of ether oxygens (including phenoxy) is 1. The minimum Gasteiger partial charge on any atom is -0.469 e. The number of piperidine rings is 1. The van der Waals surface area contributed by atoms with Gasteiger partial charge in [0, 0.05) is 6.54 Å². The van der Waals surface area contributed by atoms with Gasteiger partial charge in [-0.1, -0.05) is 0 Å². The normalized spacial score (nSPS) is 29.1. The Kier molecular flexibility index (Phi) is 2.02. The van der Waals surface area contributed by atoms with Crippen molar-refractivity contribution < 1.29 is 19.1 Å². The predicted octanol–water partition coefficient (Wildman–Crippen LogP) is -0.446. The van der Waals surface area contributed by atoms with E-state index in [1.807, 2.05) is 0 Å². The fourth-order valence-corrected chi connectivity index (χ4v) is 1.78. The molecule has 76 valence electrons. The van der Waals surface area contributed by atoms with E-state index in [1.54, 1.807) is 0 Å². The molecular weight excluding hydrogens is 186 g/mol. The number of rotatable bonds is 3. The summed E-state index contributed by atoms with van der Waals surface area (Å²) in [5, 5.41) is 0. The molecule has 1 heterocycles. The van der Waals surface area contributed by atoms with Crippen molar-refractivity contribution in [2.24, 2.45) is 11.8 Å². The van der Waals surface area contributed by atoms with E-state index >= 15 is 0 Å². The zero-order chi connectivity index (χ0) is 10.3. The largest absolute Gasteiger partial charge is 0.469 e. The SMILES string of the molecule is COC(=O)CCN1C(=O)[C@H]2C[C@H]2C1=O. The smallest absolute Gasteiger partial charge is 0.307 e. The van der Waals surface area contributed by atoms with Crippen LogP contribution in [0.4, 0.5) is 0 Å². The molecule has 14 heavy (non-hydrogen) atoms. The Labute approximate surface area is 81.0 Å². The van der Waals surface area contributed by atoms with Crippen LogP contribution in [0.25, 0.3) is 0 Å². The average Bonchev–Trinajstić information content (AvgIpc) is 2.92. The first-order chi connectivity index (χ1) is 6.65. The molecule has 2 aliphatic rings. The van der Waals surface area contributed by atoms with E-state index in [0.717, 1.165) is 0 Å². The number of imide groups is 1. The lowest BCUT2D eigenvalue weighted by Crippen LogP contribution is -2.34. The van der Waals surface area contributed by atoms with Crippen molar-refractivity contribution in [1.29, 1.82) is 0 Å². The summed E-state index contributed by atoms with van der Waals surface area (Å²) in [6.07, 6.45) is 0.791. The van der Waals surface area contributed by atoms with Gasteiger partial charge >= 0.3 is 5.97 Å². The summed E-state index contributed by atoms with van der Waals surface area (Å²) in [5.41, 5.74) is 0. The van der Waals surface area contributed by atoms with Crippen LogP contribution in [0.2, 0.25) is 0 Å². The van der Waals surface area contributed by atoms with E-state index in [2.05, 4.69) is 4.74 Å². The third-order valence-electron chi connectivity index (χ3n) is 2.72. The molecule has 0 aromatic rings. The summed E-state index contributed by atoms with van der Waals surface area (Å²) in [6, 6.07) is 0. The Morgan fingerprint density at radius 1 is 1.43 bits per heavy atom. The summed E-state index contributed by atoms with van der Waals surface area (Å²) in [5.74, 6) is -0.806. The molecule has 0 spiro atoms. The van der Waals surface area contributed by atoms with Crippen LogP contribution in [-0.4, -0.2) is 36.3 Å². The van der Waals surface area contributed by atoms with Crippen LogP contribution in [0.5, 0.6) is 0 Å². The van der Waals surface area contributed by atoms with Gasteiger partial charge in [-0.2, -0.15) is 0 Å².